The Kier molecular flexibility index (Phi) is 6.03. The Balaban J connectivity index is 2.03. The molecule has 0 aliphatic rings. The van der Waals surface area contributed by atoms with Gasteiger partial charge in [0.25, 0.3) is 0 Å². The predicted molar refractivity (Wildman–Crippen MR) is 93.8 cm³/mol. The molecular weight excluding hydrogens is 366 g/mol. The van der Waals surface area contributed by atoms with Crippen molar-refractivity contribution in [2.45, 2.75) is 6.92 Å². The number of methoxy groups -OCH3 is 1. The number of rotatable bonds is 6. The third-order valence-corrected chi connectivity index (χ3v) is 4.31. The lowest BCUT2D eigenvalue weighted by Crippen LogP contribution is -2.08. The van der Waals surface area contributed by atoms with Crippen molar-refractivity contribution in [1.82, 2.24) is 0 Å². The predicted octanol–water partition coefficient (Wildman–Crippen LogP) is 4.57. The Morgan fingerprint density at radius 1 is 1.32 bits per heavy atom. The lowest BCUT2D eigenvalue weighted by Gasteiger charge is -2.11. The minimum absolute atomic E-state index is 0.198. The van der Waals surface area contributed by atoms with Gasteiger partial charge in [0.15, 0.2) is 11.5 Å². The maximum Gasteiger partial charge on any atom is 0.248 e. The molecule has 0 atom stereocenters. The van der Waals surface area contributed by atoms with Gasteiger partial charge in [-0.2, -0.15) is 0 Å². The molecule has 0 aliphatic heterocycles. The second-order valence-electron chi connectivity index (χ2n) is 4.26. The molecule has 1 aromatic heterocycles. The number of carbonyl (C=O) groups excluding carboxylic acids is 1. The molecule has 1 heterocycles. The number of anilines is 1. The summed E-state index contributed by atoms with van der Waals surface area (Å²) in [5.41, 5.74) is 0.655. The van der Waals surface area contributed by atoms with Crippen molar-refractivity contribution in [3.63, 3.8) is 0 Å². The van der Waals surface area contributed by atoms with Crippen molar-refractivity contribution >= 4 is 44.9 Å². The number of hydrogen-bond donors (Lipinski definition) is 1. The Bertz CT molecular complexity index is 682. The van der Waals surface area contributed by atoms with Gasteiger partial charge in [0.05, 0.1) is 17.5 Å². The van der Waals surface area contributed by atoms with Crippen LogP contribution < -0.4 is 14.8 Å². The van der Waals surface area contributed by atoms with E-state index in [4.69, 9.17) is 9.47 Å². The molecule has 0 saturated heterocycles. The number of thiophene rings is 1. The number of amides is 1. The second-order valence-corrected chi connectivity index (χ2v) is 6.76. The van der Waals surface area contributed by atoms with Crippen LogP contribution in [0.4, 0.5) is 5.69 Å². The van der Waals surface area contributed by atoms with Crippen LogP contribution in [0.3, 0.4) is 0 Å². The van der Waals surface area contributed by atoms with Gasteiger partial charge in [0.1, 0.15) is 0 Å². The summed E-state index contributed by atoms with van der Waals surface area (Å²) >= 11 is 4.95. The summed E-state index contributed by atoms with van der Waals surface area (Å²) in [4.78, 5) is 12.9. The summed E-state index contributed by atoms with van der Waals surface area (Å²) in [5.74, 6) is 1.04. The standard InChI is InChI=1S/C16H16BrNO3S/c1-3-21-13-7-4-11(10-14(13)20-2)18-16(19)9-6-12-5-8-15(17)22-12/h4-10H,3H2,1-2H3,(H,18,19)/b9-6+. The van der Waals surface area contributed by atoms with Crippen LogP contribution in [-0.2, 0) is 4.79 Å². The summed E-state index contributed by atoms with van der Waals surface area (Å²) in [6.45, 7) is 2.46. The van der Waals surface area contributed by atoms with Crippen molar-refractivity contribution in [1.29, 1.82) is 0 Å². The molecule has 6 heteroatoms. The zero-order chi connectivity index (χ0) is 15.9. The molecular formula is C16H16BrNO3S. The molecule has 22 heavy (non-hydrogen) atoms. The first-order chi connectivity index (χ1) is 10.6. The quantitative estimate of drug-likeness (QED) is 0.745. The lowest BCUT2D eigenvalue weighted by atomic mass is 10.2. The monoisotopic (exact) mass is 381 g/mol. The van der Waals surface area contributed by atoms with Gasteiger partial charge in [-0.15, -0.1) is 11.3 Å². The highest BCUT2D eigenvalue weighted by molar-refractivity contribution is 9.11. The van der Waals surface area contributed by atoms with Crippen LogP contribution >= 0.6 is 27.3 Å². The fourth-order valence-electron chi connectivity index (χ4n) is 1.78. The zero-order valence-electron chi connectivity index (χ0n) is 12.3. The number of hydrogen-bond acceptors (Lipinski definition) is 4. The van der Waals surface area contributed by atoms with E-state index < -0.39 is 0 Å². The van der Waals surface area contributed by atoms with Crippen molar-refractivity contribution in [2.24, 2.45) is 0 Å². The van der Waals surface area contributed by atoms with Gasteiger partial charge in [-0.3, -0.25) is 4.79 Å². The molecule has 4 nitrogen and oxygen atoms in total. The van der Waals surface area contributed by atoms with Crippen LogP contribution in [0.15, 0.2) is 40.2 Å². The minimum atomic E-state index is -0.198. The van der Waals surface area contributed by atoms with E-state index in [1.807, 2.05) is 19.1 Å². The van der Waals surface area contributed by atoms with E-state index in [0.717, 1.165) is 8.66 Å². The first kappa shape index (κ1) is 16.6. The molecule has 0 saturated carbocycles. The van der Waals surface area contributed by atoms with E-state index in [2.05, 4.69) is 21.2 Å². The summed E-state index contributed by atoms with van der Waals surface area (Å²) in [7, 11) is 1.57. The number of carbonyl (C=O) groups is 1. The Morgan fingerprint density at radius 3 is 2.77 bits per heavy atom. The summed E-state index contributed by atoms with van der Waals surface area (Å²) < 4.78 is 11.7. The van der Waals surface area contributed by atoms with Crippen molar-refractivity contribution in [3.05, 3.63) is 45.1 Å². The second kappa shape index (κ2) is 8.00. The van der Waals surface area contributed by atoms with Crippen LogP contribution in [0.25, 0.3) is 6.08 Å². The maximum atomic E-state index is 11.9. The normalized spacial score (nSPS) is 10.7. The van der Waals surface area contributed by atoms with Gasteiger partial charge in [0, 0.05) is 22.7 Å². The van der Waals surface area contributed by atoms with Gasteiger partial charge in [-0.05, 0) is 53.2 Å². The average Bonchev–Trinajstić information content (AvgIpc) is 2.92. The first-order valence-electron chi connectivity index (χ1n) is 6.67. The van der Waals surface area contributed by atoms with Crippen LogP contribution in [-0.4, -0.2) is 19.6 Å². The van der Waals surface area contributed by atoms with E-state index in [0.29, 0.717) is 23.8 Å². The Labute approximate surface area is 141 Å². The van der Waals surface area contributed by atoms with Crippen LogP contribution in [0, 0.1) is 0 Å². The fraction of sp³-hybridized carbons (Fsp3) is 0.188. The summed E-state index contributed by atoms with van der Waals surface area (Å²) in [6, 6.07) is 9.18. The molecule has 1 amide bonds. The molecule has 0 radical (unpaired) electrons. The number of ether oxygens (including phenoxy) is 2. The fourth-order valence-corrected chi connectivity index (χ4v) is 3.11. The van der Waals surface area contributed by atoms with Crippen LogP contribution in [0.5, 0.6) is 11.5 Å². The molecule has 2 aromatic rings. The van der Waals surface area contributed by atoms with Crippen molar-refractivity contribution in [3.8, 4) is 11.5 Å². The van der Waals surface area contributed by atoms with Gasteiger partial charge in [0.2, 0.25) is 5.91 Å². The zero-order valence-corrected chi connectivity index (χ0v) is 14.7. The largest absolute Gasteiger partial charge is 0.493 e. The molecule has 116 valence electrons. The average molecular weight is 382 g/mol. The molecule has 0 spiro atoms. The highest BCUT2D eigenvalue weighted by atomic mass is 79.9. The number of benzene rings is 1. The van der Waals surface area contributed by atoms with Gasteiger partial charge < -0.3 is 14.8 Å². The number of halogens is 1. The third-order valence-electron chi connectivity index (χ3n) is 2.72. The summed E-state index contributed by atoms with van der Waals surface area (Å²) in [6.07, 6.45) is 3.28. The molecule has 0 fully saturated rings. The van der Waals surface area contributed by atoms with E-state index >= 15 is 0 Å². The van der Waals surface area contributed by atoms with Gasteiger partial charge in [-0.25, -0.2) is 0 Å². The first-order valence-corrected chi connectivity index (χ1v) is 8.28. The molecule has 2 rings (SSSR count). The number of nitrogens with one attached hydrogen (secondary N) is 1. The molecule has 0 unspecified atom stereocenters. The topological polar surface area (TPSA) is 47.6 Å². The molecule has 0 bridgehead atoms. The smallest absolute Gasteiger partial charge is 0.248 e. The Morgan fingerprint density at radius 2 is 2.14 bits per heavy atom. The van der Waals surface area contributed by atoms with Crippen molar-refractivity contribution < 1.29 is 14.3 Å². The van der Waals surface area contributed by atoms with Crippen LogP contribution in [0.2, 0.25) is 0 Å². The third kappa shape index (κ3) is 4.61. The highest BCUT2D eigenvalue weighted by Gasteiger charge is 2.06. The maximum absolute atomic E-state index is 11.9. The van der Waals surface area contributed by atoms with E-state index in [9.17, 15) is 4.79 Å². The van der Waals surface area contributed by atoms with Crippen molar-refractivity contribution in [2.75, 3.05) is 19.0 Å². The van der Waals surface area contributed by atoms with E-state index in [1.165, 1.54) is 6.08 Å². The molecule has 0 aliphatic carbocycles. The Hall–Kier alpha value is -1.79. The molecule has 1 N–H and O–H groups in total. The minimum Gasteiger partial charge on any atom is -0.493 e. The summed E-state index contributed by atoms with van der Waals surface area (Å²) in [5, 5.41) is 2.79. The molecule has 1 aromatic carbocycles. The van der Waals surface area contributed by atoms with Crippen LogP contribution in [0.1, 0.15) is 11.8 Å². The highest BCUT2D eigenvalue weighted by Crippen LogP contribution is 2.30. The van der Waals surface area contributed by atoms with Gasteiger partial charge >= 0.3 is 0 Å². The van der Waals surface area contributed by atoms with E-state index in [-0.39, 0.29) is 5.91 Å². The SMILES string of the molecule is CCOc1ccc(NC(=O)/C=C/c2ccc(Br)s2)cc1OC. The van der Waals surface area contributed by atoms with Gasteiger partial charge in [-0.1, -0.05) is 0 Å². The van der Waals surface area contributed by atoms with E-state index in [1.54, 1.807) is 42.7 Å². The lowest BCUT2D eigenvalue weighted by molar-refractivity contribution is -0.111.